The molecule has 3 nitrogen and oxygen atoms in total. The summed E-state index contributed by atoms with van der Waals surface area (Å²) in [5, 5.41) is 8.74. The van der Waals surface area contributed by atoms with Gasteiger partial charge in [0.05, 0.1) is 9.75 Å². The number of amides is 1. The van der Waals surface area contributed by atoms with Crippen molar-refractivity contribution >= 4 is 17.2 Å². The average molecular weight is 293 g/mol. The van der Waals surface area contributed by atoms with Crippen molar-refractivity contribution in [3.05, 3.63) is 21.4 Å². The second kappa shape index (κ2) is 8.08. The van der Waals surface area contributed by atoms with Gasteiger partial charge in [-0.05, 0) is 31.4 Å². The zero-order valence-corrected chi connectivity index (χ0v) is 13.5. The molecule has 4 heteroatoms. The van der Waals surface area contributed by atoms with Crippen LogP contribution in [0.5, 0.6) is 0 Å². The van der Waals surface area contributed by atoms with Gasteiger partial charge in [0.2, 0.25) is 0 Å². The maximum absolute atomic E-state index is 12.5. The molecule has 0 aliphatic carbocycles. The van der Waals surface area contributed by atoms with Crippen LogP contribution in [0.15, 0.2) is 6.07 Å². The van der Waals surface area contributed by atoms with E-state index in [2.05, 4.69) is 25.7 Å². The van der Waals surface area contributed by atoms with Crippen LogP contribution in [0, 0.1) is 24.7 Å². The van der Waals surface area contributed by atoms with E-state index in [9.17, 15) is 4.79 Å². The van der Waals surface area contributed by atoms with E-state index in [4.69, 9.17) is 5.11 Å². The second-order valence-electron chi connectivity index (χ2n) is 4.94. The average Bonchev–Trinajstić information content (AvgIpc) is 2.82. The third-order valence-electron chi connectivity index (χ3n) is 3.31. The highest BCUT2D eigenvalue weighted by atomic mass is 32.1. The number of carbonyl (C=O) groups is 1. The van der Waals surface area contributed by atoms with Crippen molar-refractivity contribution in [2.45, 2.75) is 34.1 Å². The number of thiophene rings is 1. The molecule has 1 rings (SSSR count). The van der Waals surface area contributed by atoms with Gasteiger partial charge in [-0.2, -0.15) is 0 Å². The smallest absolute Gasteiger partial charge is 0.263 e. The summed E-state index contributed by atoms with van der Waals surface area (Å²) in [6.07, 6.45) is 1.07. The van der Waals surface area contributed by atoms with Crippen molar-refractivity contribution in [3.63, 3.8) is 0 Å². The van der Waals surface area contributed by atoms with Gasteiger partial charge >= 0.3 is 0 Å². The van der Waals surface area contributed by atoms with E-state index in [-0.39, 0.29) is 12.5 Å². The van der Waals surface area contributed by atoms with Crippen LogP contribution in [0.4, 0.5) is 0 Å². The first-order valence-electron chi connectivity index (χ1n) is 7.02. The number of aryl methyl sites for hydroxylation is 1. The molecule has 0 bridgehead atoms. The predicted octanol–water partition coefficient (Wildman–Crippen LogP) is 2.91. The molecule has 0 aliphatic rings. The van der Waals surface area contributed by atoms with Gasteiger partial charge in [-0.25, -0.2) is 0 Å². The standard InChI is InChI=1S/C16H23NO2S/c1-5-12(3)11-17(6-2)16(19)15-10-13(4)14(20-15)8-7-9-18/h10,12,18H,5-6,9,11H2,1-4H3. The Morgan fingerprint density at radius 2 is 2.20 bits per heavy atom. The van der Waals surface area contributed by atoms with Gasteiger partial charge in [-0.1, -0.05) is 32.1 Å². The van der Waals surface area contributed by atoms with Gasteiger partial charge < -0.3 is 10.0 Å². The molecular formula is C16H23NO2S. The van der Waals surface area contributed by atoms with E-state index >= 15 is 0 Å². The Morgan fingerprint density at radius 1 is 1.50 bits per heavy atom. The monoisotopic (exact) mass is 293 g/mol. The van der Waals surface area contributed by atoms with E-state index < -0.39 is 0 Å². The molecule has 0 fully saturated rings. The van der Waals surface area contributed by atoms with Gasteiger partial charge in [0, 0.05) is 13.1 Å². The number of aliphatic hydroxyl groups excluding tert-OH is 1. The van der Waals surface area contributed by atoms with E-state index in [1.165, 1.54) is 11.3 Å². The molecule has 0 saturated carbocycles. The molecule has 1 amide bonds. The summed E-state index contributed by atoms with van der Waals surface area (Å²) in [6.45, 7) is 9.61. The Hall–Kier alpha value is -1.31. The van der Waals surface area contributed by atoms with Crippen molar-refractivity contribution in [1.82, 2.24) is 4.90 Å². The molecule has 1 N–H and O–H groups in total. The Bertz CT molecular complexity index is 510. The lowest BCUT2D eigenvalue weighted by molar-refractivity contribution is 0.0745. The number of nitrogens with zero attached hydrogens (tertiary/aromatic N) is 1. The highest BCUT2D eigenvalue weighted by molar-refractivity contribution is 7.14. The fourth-order valence-electron chi connectivity index (χ4n) is 1.85. The van der Waals surface area contributed by atoms with Gasteiger partial charge in [0.15, 0.2) is 0 Å². The Morgan fingerprint density at radius 3 is 2.75 bits per heavy atom. The van der Waals surface area contributed by atoms with Gasteiger partial charge in [0.1, 0.15) is 6.61 Å². The van der Waals surface area contributed by atoms with Crippen LogP contribution in [0.25, 0.3) is 0 Å². The first-order chi connectivity index (χ1) is 9.53. The lowest BCUT2D eigenvalue weighted by atomic mass is 10.1. The molecule has 0 saturated heterocycles. The number of carbonyl (C=O) groups excluding carboxylic acids is 1. The molecule has 1 unspecified atom stereocenters. The quantitative estimate of drug-likeness (QED) is 0.848. The molecule has 0 aromatic carbocycles. The number of hydrogen-bond donors (Lipinski definition) is 1. The normalized spacial score (nSPS) is 11.7. The molecular weight excluding hydrogens is 270 g/mol. The largest absolute Gasteiger partial charge is 0.384 e. The lowest BCUT2D eigenvalue weighted by Gasteiger charge is -2.23. The van der Waals surface area contributed by atoms with Crippen molar-refractivity contribution in [1.29, 1.82) is 0 Å². The third kappa shape index (κ3) is 4.36. The summed E-state index contributed by atoms with van der Waals surface area (Å²) in [5.41, 5.74) is 0.999. The van der Waals surface area contributed by atoms with Crippen LogP contribution < -0.4 is 0 Å². The summed E-state index contributed by atoms with van der Waals surface area (Å²) in [4.78, 5) is 16.0. The first-order valence-corrected chi connectivity index (χ1v) is 7.84. The zero-order chi connectivity index (χ0) is 15.1. The molecule has 20 heavy (non-hydrogen) atoms. The minimum absolute atomic E-state index is 0.0814. The van der Waals surface area contributed by atoms with Crippen molar-refractivity contribution in [3.8, 4) is 11.8 Å². The lowest BCUT2D eigenvalue weighted by Crippen LogP contribution is -2.34. The van der Waals surface area contributed by atoms with Gasteiger partial charge in [0.25, 0.3) is 5.91 Å². The SMILES string of the molecule is CCC(C)CN(CC)C(=O)c1cc(C)c(C#CCO)s1. The summed E-state index contributed by atoms with van der Waals surface area (Å²) in [6, 6.07) is 1.90. The van der Waals surface area contributed by atoms with Crippen LogP contribution in [-0.2, 0) is 0 Å². The third-order valence-corrected chi connectivity index (χ3v) is 4.45. The Labute approximate surface area is 125 Å². The van der Waals surface area contributed by atoms with Crippen molar-refractivity contribution in [2.75, 3.05) is 19.7 Å². The van der Waals surface area contributed by atoms with Crippen molar-refractivity contribution in [2.24, 2.45) is 5.92 Å². The minimum Gasteiger partial charge on any atom is -0.384 e. The molecule has 1 atom stereocenters. The second-order valence-corrected chi connectivity index (χ2v) is 5.99. The summed E-state index contributed by atoms with van der Waals surface area (Å²) >= 11 is 1.41. The summed E-state index contributed by atoms with van der Waals surface area (Å²) in [5.74, 6) is 6.12. The predicted molar refractivity (Wildman–Crippen MR) is 84.1 cm³/mol. The topological polar surface area (TPSA) is 40.5 Å². The molecule has 0 spiro atoms. The molecule has 1 aromatic heterocycles. The van der Waals surface area contributed by atoms with E-state index in [1.54, 1.807) is 0 Å². The van der Waals surface area contributed by atoms with Crippen molar-refractivity contribution < 1.29 is 9.90 Å². The van der Waals surface area contributed by atoms with E-state index in [0.717, 1.165) is 34.8 Å². The van der Waals surface area contributed by atoms with Crippen LogP contribution in [0.3, 0.4) is 0 Å². The van der Waals surface area contributed by atoms with E-state index in [1.807, 2.05) is 24.8 Å². The van der Waals surface area contributed by atoms with Crippen LogP contribution >= 0.6 is 11.3 Å². The Balaban J connectivity index is 2.90. The molecule has 0 aliphatic heterocycles. The molecule has 0 radical (unpaired) electrons. The van der Waals surface area contributed by atoms with Gasteiger partial charge in [-0.3, -0.25) is 4.79 Å². The van der Waals surface area contributed by atoms with Crippen LogP contribution in [0.2, 0.25) is 0 Å². The molecule has 1 aromatic rings. The minimum atomic E-state index is -0.157. The number of rotatable bonds is 5. The fourth-order valence-corrected chi connectivity index (χ4v) is 2.86. The molecule has 110 valence electrons. The zero-order valence-electron chi connectivity index (χ0n) is 12.7. The number of aliphatic hydroxyl groups is 1. The van der Waals surface area contributed by atoms with Crippen LogP contribution in [-0.4, -0.2) is 35.6 Å². The Kier molecular flexibility index (Phi) is 6.77. The molecule has 1 heterocycles. The highest BCUT2D eigenvalue weighted by Gasteiger charge is 2.19. The van der Waals surface area contributed by atoms with E-state index in [0.29, 0.717) is 5.92 Å². The maximum atomic E-state index is 12.5. The number of hydrogen-bond acceptors (Lipinski definition) is 3. The first kappa shape index (κ1) is 16.7. The van der Waals surface area contributed by atoms with Crippen LogP contribution in [0.1, 0.15) is 47.3 Å². The fraction of sp³-hybridized carbons (Fsp3) is 0.562. The highest BCUT2D eigenvalue weighted by Crippen LogP contribution is 2.23. The van der Waals surface area contributed by atoms with Gasteiger partial charge in [-0.15, -0.1) is 11.3 Å². The maximum Gasteiger partial charge on any atom is 0.263 e. The summed E-state index contributed by atoms with van der Waals surface area (Å²) < 4.78 is 0. The summed E-state index contributed by atoms with van der Waals surface area (Å²) in [7, 11) is 0.